The Bertz CT molecular complexity index is 1140. The van der Waals surface area contributed by atoms with Gasteiger partial charge < -0.3 is 4.42 Å². The van der Waals surface area contributed by atoms with Crippen LogP contribution in [-0.4, -0.2) is 4.92 Å². The molecular weight excluding hydrogens is 306 g/mol. The van der Waals surface area contributed by atoms with Crippen LogP contribution in [0.15, 0.2) is 75.9 Å². The van der Waals surface area contributed by atoms with Gasteiger partial charge in [0.1, 0.15) is 5.58 Å². The lowest BCUT2D eigenvalue weighted by Gasteiger charge is -2.04. The quantitative estimate of drug-likeness (QED) is 0.236. The van der Waals surface area contributed by atoms with Gasteiger partial charge in [-0.3, -0.25) is 10.1 Å². The number of benzene rings is 3. The zero-order valence-electron chi connectivity index (χ0n) is 12.4. The summed E-state index contributed by atoms with van der Waals surface area (Å²) in [6.07, 6.45) is 0. The molecule has 0 radical (unpaired) electrons. The predicted molar refractivity (Wildman–Crippen MR) is 92.1 cm³/mol. The molecule has 0 spiro atoms. The summed E-state index contributed by atoms with van der Waals surface area (Å²) in [4.78, 5) is 22.6. The van der Waals surface area contributed by atoms with Gasteiger partial charge in [-0.15, -0.1) is 0 Å². The van der Waals surface area contributed by atoms with Crippen LogP contribution in [0, 0.1) is 10.1 Å². The Kier molecular flexibility index (Phi) is 3.13. The van der Waals surface area contributed by atoms with Crippen molar-refractivity contribution in [1.82, 2.24) is 0 Å². The van der Waals surface area contributed by atoms with Crippen LogP contribution >= 0.6 is 0 Å². The molecule has 0 atom stereocenters. The Morgan fingerprint density at radius 1 is 0.833 bits per heavy atom. The van der Waals surface area contributed by atoms with Crippen molar-refractivity contribution < 1.29 is 9.34 Å². The smallest absolute Gasteiger partial charge is 0.344 e. The Hall–Kier alpha value is -3.47. The fraction of sp³-hybridized carbons (Fsp3) is 0. The summed E-state index contributed by atoms with van der Waals surface area (Å²) in [6.45, 7) is 0. The van der Waals surface area contributed by atoms with E-state index in [1.54, 1.807) is 18.2 Å². The second-order valence-electron chi connectivity index (χ2n) is 5.49. The molecule has 0 N–H and O–H groups in total. The van der Waals surface area contributed by atoms with Gasteiger partial charge in [0.25, 0.3) is 5.69 Å². The molecule has 0 aliphatic rings. The van der Waals surface area contributed by atoms with Gasteiger partial charge in [0, 0.05) is 17.5 Å². The first-order valence-electron chi connectivity index (χ1n) is 7.33. The van der Waals surface area contributed by atoms with Gasteiger partial charge in [-0.05, 0) is 46.7 Å². The number of non-ortho nitro benzene ring substituents is 1. The van der Waals surface area contributed by atoms with Gasteiger partial charge in [-0.25, -0.2) is 4.79 Å². The molecule has 24 heavy (non-hydrogen) atoms. The molecule has 0 bridgehead atoms. The number of rotatable bonds is 2. The van der Waals surface area contributed by atoms with Crippen molar-refractivity contribution in [2.24, 2.45) is 0 Å². The average Bonchev–Trinajstić information content (AvgIpc) is 2.59. The highest BCUT2D eigenvalue weighted by Gasteiger charge is 2.11. The molecule has 4 rings (SSSR count). The van der Waals surface area contributed by atoms with Crippen molar-refractivity contribution >= 4 is 27.4 Å². The minimum Gasteiger partial charge on any atom is -0.422 e. The van der Waals surface area contributed by atoms with E-state index < -0.39 is 10.5 Å². The molecule has 116 valence electrons. The lowest BCUT2D eigenvalue weighted by atomic mass is 10.0. The van der Waals surface area contributed by atoms with Crippen molar-refractivity contribution in [3.63, 3.8) is 0 Å². The van der Waals surface area contributed by atoms with E-state index in [1.807, 2.05) is 36.4 Å². The van der Waals surface area contributed by atoms with Crippen LogP contribution < -0.4 is 5.63 Å². The van der Waals surface area contributed by atoms with E-state index in [-0.39, 0.29) is 5.69 Å². The van der Waals surface area contributed by atoms with Gasteiger partial charge >= 0.3 is 5.63 Å². The Labute approximate surface area is 135 Å². The van der Waals surface area contributed by atoms with Crippen molar-refractivity contribution in [1.29, 1.82) is 0 Å². The number of hydrogen-bond acceptors (Lipinski definition) is 4. The first-order valence-corrected chi connectivity index (χ1v) is 7.33. The van der Waals surface area contributed by atoms with Gasteiger partial charge in [0.15, 0.2) is 0 Å². The number of nitro benzene ring substituents is 1. The lowest BCUT2D eigenvalue weighted by molar-refractivity contribution is -0.384. The molecule has 1 aromatic heterocycles. The molecule has 0 unspecified atom stereocenters. The largest absolute Gasteiger partial charge is 0.422 e. The third kappa shape index (κ3) is 2.32. The molecule has 0 saturated carbocycles. The van der Waals surface area contributed by atoms with Gasteiger partial charge in [-0.2, -0.15) is 0 Å². The molecule has 4 aromatic rings. The first-order chi connectivity index (χ1) is 11.6. The zero-order chi connectivity index (χ0) is 16.7. The number of hydrogen-bond donors (Lipinski definition) is 0. The summed E-state index contributed by atoms with van der Waals surface area (Å²) in [6, 6.07) is 19.2. The van der Waals surface area contributed by atoms with Gasteiger partial charge in [0.2, 0.25) is 0 Å². The van der Waals surface area contributed by atoms with Gasteiger partial charge in [-0.1, -0.05) is 24.3 Å². The van der Waals surface area contributed by atoms with E-state index >= 15 is 0 Å². The number of fused-ring (bicyclic) bond motifs is 2. The fourth-order valence-electron chi connectivity index (χ4n) is 2.77. The van der Waals surface area contributed by atoms with Crippen LogP contribution in [0.5, 0.6) is 0 Å². The molecule has 0 aliphatic heterocycles. The topological polar surface area (TPSA) is 73.3 Å². The maximum Gasteiger partial charge on any atom is 0.344 e. The highest BCUT2D eigenvalue weighted by atomic mass is 16.6. The third-order valence-electron chi connectivity index (χ3n) is 3.99. The van der Waals surface area contributed by atoms with Crippen molar-refractivity contribution in [2.45, 2.75) is 0 Å². The molecule has 3 aromatic carbocycles. The van der Waals surface area contributed by atoms with E-state index in [9.17, 15) is 14.9 Å². The van der Waals surface area contributed by atoms with Crippen LogP contribution in [-0.2, 0) is 0 Å². The van der Waals surface area contributed by atoms with Crippen molar-refractivity contribution in [2.75, 3.05) is 0 Å². The van der Waals surface area contributed by atoms with Crippen LogP contribution in [0.3, 0.4) is 0 Å². The summed E-state index contributed by atoms with van der Waals surface area (Å²) < 4.78 is 5.44. The summed E-state index contributed by atoms with van der Waals surface area (Å²) >= 11 is 0. The lowest BCUT2D eigenvalue weighted by Crippen LogP contribution is -2.02. The molecule has 5 nitrogen and oxygen atoms in total. The normalized spacial score (nSPS) is 11.0. The van der Waals surface area contributed by atoms with Gasteiger partial charge in [0.05, 0.1) is 10.5 Å². The molecule has 0 saturated heterocycles. The molecule has 0 fully saturated rings. The second kappa shape index (κ2) is 5.31. The zero-order valence-corrected chi connectivity index (χ0v) is 12.4. The highest BCUT2D eigenvalue weighted by molar-refractivity contribution is 5.96. The number of nitrogens with zero attached hydrogens (tertiary/aromatic N) is 1. The predicted octanol–water partition coefficient (Wildman–Crippen LogP) is 4.52. The van der Waals surface area contributed by atoms with Crippen molar-refractivity contribution in [3.05, 3.63) is 87.3 Å². The Morgan fingerprint density at radius 3 is 2.17 bits per heavy atom. The summed E-state index contributed by atoms with van der Waals surface area (Å²) in [5.74, 6) is 0. The van der Waals surface area contributed by atoms with E-state index in [0.717, 1.165) is 16.2 Å². The summed E-state index contributed by atoms with van der Waals surface area (Å²) in [7, 11) is 0. The first kappa shape index (κ1) is 14.1. The average molecular weight is 317 g/mol. The molecule has 0 aliphatic carbocycles. The summed E-state index contributed by atoms with van der Waals surface area (Å²) in [5, 5.41) is 13.6. The van der Waals surface area contributed by atoms with E-state index in [2.05, 4.69) is 0 Å². The maximum absolute atomic E-state index is 12.3. The third-order valence-corrected chi connectivity index (χ3v) is 3.99. The standard InChI is InChI=1S/C19H11NO4/c21-19-17(12-5-7-16(8-6-12)20(22)23)10-15-9-13-3-1-2-4-14(13)11-18(15)24-19/h1-11H. The van der Waals surface area contributed by atoms with E-state index in [1.165, 1.54) is 12.1 Å². The van der Waals surface area contributed by atoms with Crippen molar-refractivity contribution in [3.8, 4) is 11.1 Å². The molecule has 1 heterocycles. The highest BCUT2D eigenvalue weighted by Crippen LogP contribution is 2.26. The monoisotopic (exact) mass is 317 g/mol. The molecule has 5 heteroatoms. The van der Waals surface area contributed by atoms with Crippen LogP contribution in [0.1, 0.15) is 0 Å². The molecule has 0 amide bonds. The fourth-order valence-corrected chi connectivity index (χ4v) is 2.77. The second-order valence-corrected chi connectivity index (χ2v) is 5.49. The van der Waals surface area contributed by atoms with Crippen LogP contribution in [0.4, 0.5) is 5.69 Å². The van der Waals surface area contributed by atoms with E-state index in [4.69, 9.17) is 4.42 Å². The van der Waals surface area contributed by atoms with Crippen LogP contribution in [0.25, 0.3) is 32.9 Å². The molecular formula is C19H11NO4. The Morgan fingerprint density at radius 2 is 1.50 bits per heavy atom. The minimum absolute atomic E-state index is 0.0186. The Balaban J connectivity index is 1.92. The van der Waals surface area contributed by atoms with E-state index in [0.29, 0.717) is 16.7 Å². The number of nitro groups is 1. The minimum atomic E-state index is -0.473. The maximum atomic E-state index is 12.3. The SMILES string of the molecule is O=c1oc2cc3ccccc3cc2cc1-c1ccc([N+](=O)[O-])cc1. The van der Waals surface area contributed by atoms with Crippen LogP contribution in [0.2, 0.25) is 0 Å². The summed E-state index contributed by atoms with van der Waals surface area (Å²) in [5.41, 5.74) is 1.00.